The monoisotopic (exact) mass is 422 g/mol. The van der Waals surface area contributed by atoms with Gasteiger partial charge >= 0.3 is 0 Å². The van der Waals surface area contributed by atoms with Crippen LogP contribution in [-0.2, 0) is 12.3 Å². The number of unbranched alkanes of at least 4 members (excludes halogenated alkanes) is 1. The molecule has 4 aromatic rings. The van der Waals surface area contributed by atoms with Gasteiger partial charge in [-0.2, -0.15) is 0 Å². The zero-order valence-electron chi connectivity index (χ0n) is 16.1. The largest absolute Gasteiger partial charge is 0.494 e. The second-order valence-corrected chi connectivity index (χ2v) is 8.26. The number of benzene rings is 3. The van der Waals surface area contributed by atoms with Crippen molar-refractivity contribution in [1.82, 2.24) is 9.55 Å². The van der Waals surface area contributed by atoms with Crippen molar-refractivity contribution in [3.8, 4) is 5.75 Å². The van der Waals surface area contributed by atoms with Gasteiger partial charge in [0.25, 0.3) is 0 Å². The number of aryl methyl sites for hydroxylation is 1. The van der Waals surface area contributed by atoms with Crippen molar-refractivity contribution in [3.05, 3.63) is 89.7 Å². The van der Waals surface area contributed by atoms with Crippen molar-refractivity contribution >= 4 is 34.4 Å². The van der Waals surface area contributed by atoms with Gasteiger partial charge < -0.3 is 9.30 Å². The minimum Gasteiger partial charge on any atom is -0.494 e. The number of nitrogens with zero attached hydrogens (tertiary/aromatic N) is 2. The van der Waals surface area contributed by atoms with Gasteiger partial charge in [-0.05, 0) is 61.4 Å². The molecule has 0 amide bonds. The van der Waals surface area contributed by atoms with Gasteiger partial charge in [-0.25, -0.2) is 4.98 Å². The zero-order chi connectivity index (χ0) is 19.9. The van der Waals surface area contributed by atoms with E-state index in [0.29, 0.717) is 6.61 Å². The highest BCUT2D eigenvalue weighted by Crippen LogP contribution is 2.25. The second kappa shape index (κ2) is 9.86. The van der Waals surface area contributed by atoms with Crippen LogP contribution in [0.2, 0.25) is 5.02 Å². The van der Waals surface area contributed by atoms with Gasteiger partial charge in [0.2, 0.25) is 0 Å². The van der Waals surface area contributed by atoms with Crippen LogP contribution in [0.4, 0.5) is 0 Å². The molecular formula is C24H23ClN2OS. The molecule has 0 radical (unpaired) electrons. The van der Waals surface area contributed by atoms with Gasteiger partial charge in [0.1, 0.15) is 11.6 Å². The highest BCUT2D eigenvalue weighted by Gasteiger charge is 2.10. The normalized spacial score (nSPS) is 11.1. The molecule has 1 heterocycles. The third-order valence-corrected chi connectivity index (χ3v) is 5.96. The summed E-state index contributed by atoms with van der Waals surface area (Å²) in [6, 6.07) is 26.4. The Labute approximate surface area is 180 Å². The highest BCUT2D eigenvalue weighted by molar-refractivity contribution is 7.98. The second-order valence-electron chi connectivity index (χ2n) is 6.78. The standard InChI is InChI=1S/C24H23ClN2OS/c25-19-12-14-20(15-13-19)28-17-7-6-16-27-23-11-5-4-10-22(23)26-24(27)18-29-21-8-2-1-3-9-21/h1-5,8-15H,6-7,16-18H2. The molecule has 148 valence electrons. The van der Waals surface area contributed by atoms with E-state index in [-0.39, 0.29) is 0 Å². The van der Waals surface area contributed by atoms with Crippen molar-refractivity contribution in [1.29, 1.82) is 0 Å². The average molecular weight is 423 g/mol. The summed E-state index contributed by atoms with van der Waals surface area (Å²) < 4.78 is 8.17. The molecule has 4 rings (SSSR count). The lowest BCUT2D eigenvalue weighted by Gasteiger charge is -2.10. The van der Waals surface area contributed by atoms with E-state index in [1.807, 2.05) is 48.2 Å². The first kappa shape index (κ1) is 19.9. The Bertz CT molecular complexity index is 1050. The van der Waals surface area contributed by atoms with Crippen LogP contribution in [0.25, 0.3) is 11.0 Å². The van der Waals surface area contributed by atoms with E-state index >= 15 is 0 Å². The maximum Gasteiger partial charge on any atom is 0.120 e. The van der Waals surface area contributed by atoms with Crippen molar-refractivity contribution in [2.24, 2.45) is 0 Å². The molecule has 0 aliphatic carbocycles. The van der Waals surface area contributed by atoms with Crippen molar-refractivity contribution in [2.75, 3.05) is 6.61 Å². The van der Waals surface area contributed by atoms with Crippen LogP contribution in [0.3, 0.4) is 0 Å². The van der Waals surface area contributed by atoms with Crippen LogP contribution in [0.15, 0.2) is 83.8 Å². The molecule has 0 atom stereocenters. The Kier molecular flexibility index (Phi) is 6.75. The van der Waals surface area contributed by atoms with Gasteiger partial charge in [-0.3, -0.25) is 0 Å². The lowest BCUT2D eigenvalue weighted by atomic mass is 10.3. The van der Waals surface area contributed by atoms with Crippen LogP contribution >= 0.6 is 23.4 Å². The van der Waals surface area contributed by atoms with E-state index in [4.69, 9.17) is 21.3 Å². The number of fused-ring (bicyclic) bond motifs is 1. The molecular weight excluding hydrogens is 400 g/mol. The first-order valence-electron chi connectivity index (χ1n) is 9.80. The van der Waals surface area contributed by atoms with E-state index in [2.05, 4.69) is 47.0 Å². The number of halogens is 1. The molecule has 1 aromatic heterocycles. The highest BCUT2D eigenvalue weighted by atomic mass is 35.5. The Morgan fingerprint density at radius 2 is 1.62 bits per heavy atom. The molecule has 0 aliphatic heterocycles. The number of aromatic nitrogens is 2. The Balaban J connectivity index is 1.37. The minimum absolute atomic E-state index is 0.697. The summed E-state index contributed by atoms with van der Waals surface area (Å²) in [5.74, 6) is 2.85. The van der Waals surface area contributed by atoms with Gasteiger partial charge in [0.05, 0.1) is 23.4 Å². The molecule has 0 spiro atoms. The van der Waals surface area contributed by atoms with Gasteiger partial charge in [-0.15, -0.1) is 11.8 Å². The lowest BCUT2D eigenvalue weighted by Crippen LogP contribution is -2.05. The number of rotatable bonds is 9. The maximum absolute atomic E-state index is 5.91. The van der Waals surface area contributed by atoms with Crippen molar-refractivity contribution < 1.29 is 4.74 Å². The number of hydrogen-bond acceptors (Lipinski definition) is 3. The molecule has 5 heteroatoms. The molecule has 0 unspecified atom stereocenters. The van der Waals surface area contributed by atoms with Crippen molar-refractivity contribution in [3.63, 3.8) is 0 Å². The molecule has 0 saturated carbocycles. The zero-order valence-corrected chi connectivity index (χ0v) is 17.7. The van der Waals surface area contributed by atoms with Crippen LogP contribution in [0.1, 0.15) is 18.7 Å². The van der Waals surface area contributed by atoms with Crippen LogP contribution in [0, 0.1) is 0 Å². The third kappa shape index (κ3) is 5.34. The number of hydrogen-bond donors (Lipinski definition) is 0. The van der Waals surface area contributed by atoms with Crippen LogP contribution in [0.5, 0.6) is 5.75 Å². The fraction of sp³-hybridized carbons (Fsp3) is 0.208. The fourth-order valence-corrected chi connectivity index (χ4v) is 4.23. The molecule has 0 N–H and O–H groups in total. The summed E-state index contributed by atoms with van der Waals surface area (Å²) in [5, 5.41) is 0.727. The van der Waals surface area contributed by atoms with Gasteiger partial charge in [-0.1, -0.05) is 41.9 Å². The van der Waals surface area contributed by atoms with E-state index in [1.165, 1.54) is 10.4 Å². The lowest BCUT2D eigenvalue weighted by molar-refractivity contribution is 0.303. The summed E-state index contributed by atoms with van der Waals surface area (Å²) in [6.07, 6.45) is 2.03. The SMILES string of the molecule is Clc1ccc(OCCCCn2c(CSc3ccccc3)nc3ccccc32)cc1. The average Bonchev–Trinajstić information content (AvgIpc) is 3.12. The fourth-order valence-electron chi connectivity index (χ4n) is 3.24. The summed E-state index contributed by atoms with van der Waals surface area (Å²) in [7, 11) is 0. The molecule has 0 fully saturated rings. The molecule has 3 nitrogen and oxygen atoms in total. The molecule has 3 aromatic carbocycles. The number of ether oxygens (including phenoxy) is 1. The summed E-state index contributed by atoms with van der Waals surface area (Å²) in [6.45, 7) is 1.64. The Morgan fingerprint density at radius 3 is 2.45 bits per heavy atom. The predicted octanol–water partition coefficient (Wildman–Crippen LogP) is 6.84. The van der Waals surface area contributed by atoms with E-state index in [1.54, 1.807) is 0 Å². The molecule has 29 heavy (non-hydrogen) atoms. The Hall–Kier alpha value is -2.43. The van der Waals surface area contributed by atoms with Crippen LogP contribution in [-0.4, -0.2) is 16.2 Å². The number of para-hydroxylation sites is 2. The van der Waals surface area contributed by atoms with Gasteiger partial charge in [0, 0.05) is 16.5 Å². The summed E-state index contributed by atoms with van der Waals surface area (Å²) in [4.78, 5) is 6.15. The molecule has 0 aliphatic rings. The summed E-state index contributed by atoms with van der Waals surface area (Å²) in [5.41, 5.74) is 2.27. The Morgan fingerprint density at radius 1 is 0.862 bits per heavy atom. The molecule has 0 bridgehead atoms. The molecule has 0 saturated heterocycles. The van der Waals surface area contributed by atoms with E-state index < -0.39 is 0 Å². The van der Waals surface area contributed by atoms with E-state index in [9.17, 15) is 0 Å². The number of thioether (sulfide) groups is 1. The van der Waals surface area contributed by atoms with Crippen LogP contribution < -0.4 is 4.74 Å². The third-order valence-electron chi connectivity index (χ3n) is 4.70. The topological polar surface area (TPSA) is 27.1 Å². The minimum atomic E-state index is 0.697. The first-order chi connectivity index (χ1) is 14.3. The van der Waals surface area contributed by atoms with E-state index in [0.717, 1.165) is 47.3 Å². The maximum atomic E-state index is 5.91. The van der Waals surface area contributed by atoms with Gasteiger partial charge in [0.15, 0.2) is 0 Å². The smallest absolute Gasteiger partial charge is 0.120 e. The van der Waals surface area contributed by atoms with Crippen molar-refractivity contribution in [2.45, 2.75) is 30.0 Å². The number of imidazole rings is 1. The quantitative estimate of drug-likeness (QED) is 0.218. The predicted molar refractivity (Wildman–Crippen MR) is 122 cm³/mol. The first-order valence-corrected chi connectivity index (χ1v) is 11.2. The summed E-state index contributed by atoms with van der Waals surface area (Å²) >= 11 is 7.74.